The zero-order chi connectivity index (χ0) is 22.3. The van der Waals surface area contributed by atoms with Gasteiger partial charge in [0, 0.05) is 29.3 Å². The molecule has 0 spiro atoms. The fourth-order valence-electron chi connectivity index (χ4n) is 5.14. The Kier molecular flexibility index (Phi) is 5.45. The van der Waals surface area contributed by atoms with Crippen LogP contribution < -0.4 is 14.8 Å². The van der Waals surface area contributed by atoms with E-state index in [0.29, 0.717) is 18.3 Å². The summed E-state index contributed by atoms with van der Waals surface area (Å²) >= 11 is 0. The Balaban J connectivity index is 1.35. The van der Waals surface area contributed by atoms with Crippen LogP contribution in [0.1, 0.15) is 38.3 Å². The van der Waals surface area contributed by atoms with Crippen molar-refractivity contribution in [2.75, 3.05) is 33.4 Å². The minimum Gasteiger partial charge on any atom is -0.495 e. The van der Waals surface area contributed by atoms with E-state index in [2.05, 4.69) is 29.0 Å². The summed E-state index contributed by atoms with van der Waals surface area (Å²) in [5.41, 5.74) is 2.64. The van der Waals surface area contributed by atoms with Crippen LogP contribution in [0.5, 0.6) is 11.5 Å². The van der Waals surface area contributed by atoms with E-state index in [1.807, 2.05) is 24.3 Å². The number of carbonyl (C=O) groups is 1. The largest absolute Gasteiger partial charge is 0.495 e. The SMILES string of the molecule is COc1cncc(-c2ccc3c(c2)OCC(C)(C)C3NC(=O)O[C@H]2CN3CCC2CC3)c1. The van der Waals surface area contributed by atoms with Gasteiger partial charge in [0.25, 0.3) is 0 Å². The first kappa shape index (κ1) is 21.1. The molecule has 1 unspecified atom stereocenters. The molecule has 4 aliphatic rings. The Morgan fingerprint density at radius 1 is 1.19 bits per heavy atom. The van der Waals surface area contributed by atoms with Crippen molar-refractivity contribution in [2.24, 2.45) is 11.3 Å². The van der Waals surface area contributed by atoms with Crippen LogP contribution in [-0.4, -0.2) is 55.4 Å². The van der Waals surface area contributed by atoms with Crippen LogP contribution in [0.4, 0.5) is 4.79 Å². The molecule has 32 heavy (non-hydrogen) atoms. The molecule has 170 valence electrons. The Hall–Kier alpha value is -2.80. The first-order valence-corrected chi connectivity index (χ1v) is 11.4. The van der Waals surface area contributed by atoms with Crippen LogP contribution in [0.3, 0.4) is 0 Å². The van der Waals surface area contributed by atoms with Crippen molar-refractivity contribution in [3.05, 3.63) is 42.2 Å². The Morgan fingerprint density at radius 2 is 2.00 bits per heavy atom. The van der Waals surface area contributed by atoms with Crippen LogP contribution in [0.2, 0.25) is 0 Å². The Morgan fingerprint density at radius 3 is 2.72 bits per heavy atom. The van der Waals surface area contributed by atoms with Crippen molar-refractivity contribution in [2.45, 2.75) is 38.8 Å². The number of alkyl carbamates (subject to hydrolysis) is 1. The lowest BCUT2D eigenvalue weighted by Crippen LogP contribution is -2.53. The van der Waals surface area contributed by atoms with E-state index in [9.17, 15) is 4.79 Å². The van der Waals surface area contributed by atoms with Crippen molar-refractivity contribution in [3.8, 4) is 22.6 Å². The molecular weight excluding hydrogens is 406 g/mol. The van der Waals surface area contributed by atoms with Gasteiger partial charge in [-0.25, -0.2) is 4.79 Å². The molecule has 2 aromatic rings. The minimum atomic E-state index is -0.337. The lowest BCUT2D eigenvalue weighted by atomic mass is 9.78. The highest BCUT2D eigenvalue weighted by Gasteiger charge is 2.41. The summed E-state index contributed by atoms with van der Waals surface area (Å²) in [4.78, 5) is 19.5. The monoisotopic (exact) mass is 437 g/mol. The lowest BCUT2D eigenvalue weighted by molar-refractivity contribution is -0.0361. The van der Waals surface area contributed by atoms with Gasteiger partial charge in [0.15, 0.2) is 0 Å². The van der Waals surface area contributed by atoms with Crippen molar-refractivity contribution >= 4 is 6.09 Å². The number of pyridine rings is 1. The van der Waals surface area contributed by atoms with Crippen LogP contribution in [0.15, 0.2) is 36.7 Å². The number of rotatable bonds is 4. The highest BCUT2D eigenvalue weighted by molar-refractivity contribution is 5.70. The maximum atomic E-state index is 12.9. The molecule has 2 atom stereocenters. The molecule has 0 radical (unpaired) electrons. The van der Waals surface area contributed by atoms with E-state index in [0.717, 1.165) is 54.9 Å². The molecule has 5 heterocycles. The third-order valence-electron chi connectivity index (χ3n) is 7.10. The second kappa shape index (κ2) is 8.28. The van der Waals surface area contributed by atoms with Gasteiger partial charge in [0.1, 0.15) is 17.6 Å². The maximum absolute atomic E-state index is 12.9. The van der Waals surface area contributed by atoms with E-state index in [4.69, 9.17) is 14.2 Å². The van der Waals surface area contributed by atoms with Gasteiger partial charge in [-0.3, -0.25) is 9.88 Å². The number of carbonyl (C=O) groups excluding carboxylic acids is 1. The first-order valence-electron chi connectivity index (χ1n) is 11.4. The van der Waals surface area contributed by atoms with Gasteiger partial charge >= 0.3 is 6.09 Å². The molecule has 7 heteroatoms. The average Bonchev–Trinajstić information content (AvgIpc) is 2.81. The highest BCUT2D eigenvalue weighted by atomic mass is 16.6. The van der Waals surface area contributed by atoms with Crippen LogP contribution in [0, 0.1) is 11.3 Å². The maximum Gasteiger partial charge on any atom is 0.407 e. The molecule has 1 amide bonds. The van der Waals surface area contributed by atoms with Crippen molar-refractivity contribution < 1.29 is 19.0 Å². The number of benzene rings is 1. The van der Waals surface area contributed by atoms with Gasteiger partial charge in [-0.05, 0) is 49.5 Å². The Labute approximate surface area is 189 Å². The molecule has 0 aliphatic carbocycles. The number of piperidine rings is 3. The lowest BCUT2D eigenvalue weighted by Gasteiger charge is -2.44. The van der Waals surface area contributed by atoms with Crippen LogP contribution >= 0.6 is 0 Å². The predicted octanol–water partition coefficient (Wildman–Crippen LogP) is 4.04. The molecule has 3 fully saturated rings. The normalized spacial score (nSPS) is 27.7. The molecule has 4 aliphatic heterocycles. The summed E-state index contributed by atoms with van der Waals surface area (Å²) in [5.74, 6) is 1.97. The topological polar surface area (TPSA) is 72.9 Å². The van der Waals surface area contributed by atoms with E-state index in [-0.39, 0.29) is 23.7 Å². The highest BCUT2D eigenvalue weighted by Crippen LogP contribution is 2.44. The average molecular weight is 438 g/mol. The summed E-state index contributed by atoms with van der Waals surface area (Å²) in [6, 6.07) is 7.83. The summed E-state index contributed by atoms with van der Waals surface area (Å²) in [6.45, 7) is 7.81. The van der Waals surface area contributed by atoms with E-state index in [1.54, 1.807) is 19.5 Å². The van der Waals surface area contributed by atoms with Crippen molar-refractivity contribution in [3.63, 3.8) is 0 Å². The number of ether oxygens (including phenoxy) is 3. The summed E-state index contributed by atoms with van der Waals surface area (Å²) in [7, 11) is 1.63. The number of hydrogen-bond acceptors (Lipinski definition) is 6. The number of aromatic nitrogens is 1. The van der Waals surface area contributed by atoms with E-state index < -0.39 is 0 Å². The standard InChI is InChI=1S/C25H31N3O4/c1-25(2)15-31-21-11-17(18-10-19(30-3)13-26-12-18)4-5-20(21)23(25)27-24(29)32-22-14-28-8-6-16(22)7-9-28/h4-5,10-13,16,22-23H,6-9,14-15H2,1-3H3,(H,27,29)/t22-,23?/m0/s1. The van der Waals surface area contributed by atoms with Crippen molar-refractivity contribution in [1.82, 2.24) is 15.2 Å². The van der Waals surface area contributed by atoms with Crippen molar-refractivity contribution in [1.29, 1.82) is 0 Å². The fraction of sp³-hybridized carbons (Fsp3) is 0.520. The zero-order valence-corrected chi connectivity index (χ0v) is 19.0. The fourth-order valence-corrected chi connectivity index (χ4v) is 5.14. The smallest absolute Gasteiger partial charge is 0.407 e. The summed E-state index contributed by atoms with van der Waals surface area (Å²) < 4.78 is 17.3. The molecule has 0 saturated carbocycles. The molecule has 1 aromatic carbocycles. The second-order valence-electron chi connectivity index (χ2n) is 9.80. The number of amides is 1. The third-order valence-corrected chi connectivity index (χ3v) is 7.10. The quantitative estimate of drug-likeness (QED) is 0.778. The first-order chi connectivity index (χ1) is 15.4. The molecule has 3 saturated heterocycles. The third kappa shape index (κ3) is 4.01. The number of hydrogen-bond donors (Lipinski definition) is 1. The molecule has 1 N–H and O–H groups in total. The predicted molar refractivity (Wildman–Crippen MR) is 121 cm³/mol. The second-order valence-corrected chi connectivity index (χ2v) is 9.80. The van der Waals surface area contributed by atoms with Gasteiger partial charge in [-0.2, -0.15) is 0 Å². The molecule has 1 aromatic heterocycles. The van der Waals surface area contributed by atoms with E-state index >= 15 is 0 Å². The molecule has 2 bridgehead atoms. The molecule has 7 nitrogen and oxygen atoms in total. The summed E-state index contributed by atoms with van der Waals surface area (Å²) in [6.07, 6.45) is 5.37. The van der Waals surface area contributed by atoms with E-state index in [1.165, 1.54) is 0 Å². The number of nitrogens with zero attached hydrogens (tertiary/aromatic N) is 2. The number of methoxy groups -OCH3 is 1. The molecular formula is C25H31N3O4. The minimum absolute atomic E-state index is 0.0112. The van der Waals surface area contributed by atoms with Gasteiger partial charge in [-0.15, -0.1) is 0 Å². The summed E-state index contributed by atoms with van der Waals surface area (Å²) in [5, 5.41) is 3.16. The van der Waals surface area contributed by atoms with Crippen LogP contribution in [-0.2, 0) is 4.74 Å². The number of fused-ring (bicyclic) bond motifs is 4. The van der Waals surface area contributed by atoms with Gasteiger partial charge in [-0.1, -0.05) is 26.0 Å². The van der Waals surface area contributed by atoms with Gasteiger partial charge in [0.05, 0.1) is 26.0 Å². The Bertz CT molecular complexity index is 1000. The van der Waals surface area contributed by atoms with Gasteiger partial charge in [0.2, 0.25) is 0 Å². The van der Waals surface area contributed by atoms with Gasteiger partial charge < -0.3 is 19.5 Å². The van der Waals surface area contributed by atoms with Crippen LogP contribution in [0.25, 0.3) is 11.1 Å². The zero-order valence-electron chi connectivity index (χ0n) is 19.0. The molecule has 6 rings (SSSR count). The number of nitrogens with one attached hydrogen (secondary N) is 1.